The number of benzene rings is 1. The predicted octanol–water partition coefficient (Wildman–Crippen LogP) is 4.71. The maximum Gasteiger partial charge on any atom is 0.0311 e. The Balaban J connectivity index is 2.12. The minimum Gasteiger partial charge on any atom is -0.316 e. The van der Waals surface area contributed by atoms with Gasteiger partial charge in [0.15, 0.2) is 0 Å². The smallest absolute Gasteiger partial charge is 0.0311 e. The Bertz CT molecular complexity index is 405. The first kappa shape index (κ1) is 14.4. The van der Waals surface area contributed by atoms with Crippen LogP contribution in [-0.4, -0.2) is 18.3 Å². The van der Waals surface area contributed by atoms with E-state index in [0.717, 1.165) is 0 Å². The molecule has 18 heavy (non-hydrogen) atoms. The van der Waals surface area contributed by atoms with Crippen molar-refractivity contribution in [2.75, 3.05) is 7.05 Å². The standard InChI is InChI=1S/C15H22BrNS/c1-15(2)9-8-12(17-3)14(10-15)18-13-7-5-4-6-11(13)16/h4-7,12,14,17H,8-10H2,1-3H3. The highest BCUT2D eigenvalue weighted by molar-refractivity contribution is 9.10. The Hall–Kier alpha value is 0.01000. The monoisotopic (exact) mass is 327 g/mol. The summed E-state index contributed by atoms with van der Waals surface area (Å²) in [6.45, 7) is 4.79. The summed E-state index contributed by atoms with van der Waals surface area (Å²) in [5.41, 5.74) is 0.478. The van der Waals surface area contributed by atoms with Gasteiger partial charge in [-0.1, -0.05) is 26.0 Å². The van der Waals surface area contributed by atoms with Crippen molar-refractivity contribution in [3.63, 3.8) is 0 Å². The van der Waals surface area contributed by atoms with Crippen LogP contribution in [-0.2, 0) is 0 Å². The van der Waals surface area contributed by atoms with Crippen molar-refractivity contribution >= 4 is 27.7 Å². The fourth-order valence-corrected chi connectivity index (χ4v) is 4.88. The third-order valence-corrected chi connectivity index (χ3v) is 6.18. The van der Waals surface area contributed by atoms with Crippen molar-refractivity contribution in [2.24, 2.45) is 5.41 Å². The fourth-order valence-electron chi connectivity index (χ4n) is 2.68. The molecule has 0 spiro atoms. The summed E-state index contributed by atoms with van der Waals surface area (Å²) >= 11 is 5.67. The molecule has 0 radical (unpaired) electrons. The van der Waals surface area contributed by atoms with Gasteiger partial charge in [-0.2, -0.15) is 0 Å². The maximum absolute atomic E-state index is 3.65. The van der Waals surface area contributed by atoms with Gasteiger partial charge in [0.05, 0.1) is 0 Å². The van der Waals surface area contributed by atoms with Crippen LogP contribution in [0.2, 0.25) is 0 Å². The average molecular weight is 328 g/mol. The van der Waals surface area contributed by atoms with E-state index in [1.54, 1.807) is 0 Å². The second-order valence-corrected chi connectivity index (χ2v) is 8.02. The second kappa shape index (κ2) is 5.98. The molecule has 3 heteroatoms. The molecule has 0 amide bonds. The number of thioether (sulfide) groups is 1. The molecule has 0 heterocycles. The van der Waals surface area contributed by atoms with Gasteiger partial charge in [-0.25, -0.2) is 0 Å². The molecule has 1 N–H and O–H groups in total. The first-order chi connectivity index (χ1) is 8.52. The molecule has 1 fully saturated rings. The molecule has 2 unspecified atom stereocenters. The van der Waals surface area contributed by atoms with Gasteiger partial charge in [-0.15, -0.1) is 11.8 Å². The van der Waals surface area contributed by atoms with Crippen molar-refractivity contribution in [1.82, 2.24) is 5.32 Å². The molecule has 0 saturated heterocycles. The molecule has 1 aromatic rings. The van der Waals surface area contributed by atoms with Crippen LogP contribution in [0, 0.1) is 5.41 Å². The zero-order valence-electron chi connectivity index (χ0n) is 11.4. The SMILES string of the molecule is CNC1CCC(C)(C)CC1Sc1ccccc1Br. The van der Waals surface area contributed by atoms with E-state index in [9.17, 15) is 0 Å². The van der Waals surface area contributed by atoms with E-state index in [-0.39, 0.29) is 0 Å². The van der Waals surface area contributed by atoms with Crippen LogP contribution in [0.3, 0.4) is 0 Å². The summed E-state index contributed by atoms with van der Waals surface area (Å²) in [6, 6.07) is 9.17. The number of hydrogen-bond donors (Lipinski definition) is 1. The molecule has 0 bridgehead atoms. The molecule has 0 aliphatic heterocycles. The van der Waals surface area contributed by atoms with Gasteiger partial charge in [-0.05, 0) is 59.8 Å². The zero-order chi connectivity index (χ0) is 13.2. The second-order valence-electron chi connectivity index (χ2n) is 5.89. The van der Waals surface area contributed by atoms with Crippen molar-refractivity contribution < 1.29 is 0 Å². The predicted molar refractivity (Wildman–Crippen MR) is 84.3 cm³/mol. The molecular formula is C15H22BrNS. The molecular weight excluding hydrogens is 306 g/mol. The number of hydrogen-bond acceptors (Lipinski definition) is 2. The van der Waals surface area contributed by atoms with Crippen LogP contribution in [0.4, 0.5) is 0 Å². The van der Waals surface area contributed by atoms with E-state index in [2.05, 4.69) is 66.4 Å². The highest BCUT2D eigenvalue weighted by Crippen LogP contribution is 2.43. The van der Waals surface area contributed by atoms with E-state index in [4.69, 9.17) is 0 Å². The third kappa shape index (κ3) is 3.52. The average Bonchev–Trinajstić information content (AvgIpc) is 2.31. The van der Waals surface area contributed by atoms with Gasteiger partial charge in [0.25, 0.3) is 0 Å². The Kier molecular flexibility index (Phi) is 4.79. The van der Waals surface area contributed by atoms with Crippen LogP contribution in [0.1, 0.15) is 33.1 Å². The molecule has 1 saturated carbocycles. The maximum atomic E-state index is 3.65. The minimum absolute atomic E-state index is 0.478. The molecule has 2 rings (SSSR count). The van der Waals surface area contributed by atoms with Crippen molar-refractivity contribution in [1.29, 1.82) is 0 Å². The van der Waals surface area contributed by atoms with E-state index < -0.39 is 0 Å². The fraction of sp³-hybridized carbons (Fsp3) is 0.600. The van der Waals surface area contributed by atoms with E-state index in [1.165, 1.54) is 28.6 Å². The Morgan fingerprint density at radius 2 is 2.06 bits per heavy atom. The lowest BCUT2D eigenvalue weighted by molar-refractivity contribution is 0.218. The molecule has 100 valence electrons. The summed E-state index contributed by atoms with van der Waals surface area (Å²) in [7, 11) is 2.09. The van der Waals surface area contributed by atoms with Gasteiger partial charge in [-0.3, -0.25) is 0 Å². The van der Waals surface area contributed by atoms with Crippen LogP contribution >= 0.6 is 27.7 Å². The number of rotatable bonds is 3. The van der Waals surface area contributed by atoms with Crippen LogP contribution in [0.5, 0.6) is 0 Å². The first-order valence-electron chi connectivity index (χ1n) is 6.60. The summed E-state index contributed by atoms with van der Waals surface area (Å²) in [4.78, 5) is 1.36. The highest BCUT2D eigenvalue weighted by atomic mass is 79.9. The van der Waals surface area contributed by atoms with Crippen LogP contribution in [0.25, 0.3) is 0 Å². The summed E-state index contributed by atoms with van der Waals surface area (Å²) in [5, 5.41) is 4.16. The van der Waals surface area contributed by atoms with Gasteiger partial charge in [0.2, 0.25) is 0 Å². The lowest BCUT2D eigenvalue weighted by atomic mass is 9.75. The third-order valence-electron chi connectivity index (χ3n) is 3.82. The largest absolute Gasteiger partial charge is 0.316 e. The lowest BCUT2D eigenvalue weighted by Crippen LogP contribution is -2.43. The molecule has 1 nitrogen and oxygen atoms in total. The Morgan fingerprint density at radius 1 is 1.33 bits per heavy atom. The topological polar surface area (TPSA) is 12.0 Å². The van der Waals surface area contributed by atoms with Gasteiger partial charge in [0.1, 0.15) is 0 Å². The van der Waals surface area contributed by atoms with Gasteiger partial charge in [0, 0.05) is 20.7 Å². The van der Waals surface area contributed by atoms with E-state index in [1.807, 2.05) is 11.8 Å². The molecule has 1 aromatic carbocycles. The van der Waals surface area contributed by atoms with Gasteiger partial charge < -0.3 is 5.32 Å². The molecule has 0 aromatic heterocycles. The Labute approximate surface area is 123 Å². The van der Waals surface area contributed by atoms with Crippen LogP contribution < -0.4 is 5.32 Å². The first-order valence-corrected chi connectivity index (χ1v) is 8.27. The lowest BCUT2D eigenvalue weighted by Gasteiger charge is -2.40. The highest BCUT2D eigenvalue weighted by Gasteiger charge is 2.34. The summed E-state index contributed by atoms with van der Waals surface area (Å²) in [6.07, 6.45) is 3.89. The number of nitrogens with one attached hydrogen (secondary N) is 1. The quantitative estimate of drug-likeness (QED) is 0.862. The molecule has 1 aliphatic rings. The van der Waals surface area contributed by atoms with E-state index >= 15 is 0 Å². The van der Waals surface area contributed by atoms with E-state index in [0.29, 0.717) is 16.7 Å². The Morgan fingerprint density at radius 3 is 2.72 bits per heavy atom. The number of halogens is 1. The minimum atomic E-state index is 0.478. The molecule has 2 atom stereocenters. The van der Waals surface area contributed by atoms with Crippen molar-refractivity contribution in [3.05, 3.63) is 28.7 Å². The summed E-state index contributed by atoms with van der Waals surface area (Å²) in [5.74, 6) is 0. The summed E-state index contributed by atoms with van der Waals surface area (Å²) < 4.78 is 1.22. The van der Waals surface area contributed by atoms with Gasteiger partial charge >= 0.3 is 0 Å². The molecule has 1 aliphatic carbocycles. The van der Waals surface area contributed by atoms with Crippen molar-refractivity contribution in [2.45, 2.75) is 49.3 Å². The normalized spacial score (nSPS) is 27.1. The zero-order valence-corrected chi connectivity index (χ0v) is 13.8. The van der Waals surface area contributed by atoms with Crippen molar-refractivity contribution in [3.8, 4) is 0 Å². The van der Waals surface area contributed by atoms with Crippen LogP contribution in [0.15, 0.2) is 33.6 Å².